The Morgan fingerprint density at radius 2 is 1.87 bits per heavy atom. The first-order chi connectivity index (χ1) is 10.8. The van der Waals surface area contributed by atoms with Gasteiger partial charge in [0.25, 0.3) is 5.91 Å². The molecule has 2 aromatic carbocycles. The molecule has 1 atom stereocenters. The second kappa shape index (κ2) is 7.15. The molecule has 0 aliphatic heterocycles. The molecular formula is C17H18ClNO3S. The van der Waals surface area contributed by atoms with Gasteiger partial charge in [0, 0.05) is 16.8 Å². The summed E-state index contributed by atoms with van der Waals surface area (Å²) in [7, 11) is -3.35. The predicted octanol–water partition coefficient (Wildman–Crippen LogP) is 3.62. The summed E-state index contributed by atoms with van der Waals surface area (Å²) in [5.74, 6) is -0.317. The SMILES string of the molecule is CCC(NC(=O)c1cccc(S(C)(=O)=O)c1)c1cccc(Cl)c1. The summed E-state index contributed by atoms with van der Waals surface area (Å²) in [6.45, 7) is 1.96. The Bertz CT molecular complexity index is 818. The zero-order valence-electron chi connectivity index (χ0n) is 12.9. The Balaban J connectivity index is 2.24. The molecule has 0 aromatic heterocycles. The number of sulfone groups is 1. The Hall–Kier alpha value is -1.85. The van der Waals surface area contributed by atoms with Gasteiger partial charge in [-0.25, -0.2) is 8.42 Å². The van der Waals surface area contributed by atoms with Crippen LogP contribution in [0.5, 0.6) is 0 Å². The normalized spacial score (nSPS) is 12.7. The predicted molar refractivity (Wildman–Crippen MR) is 91.5 cm³/mol. The Labute approximate surface area is 141 Å². The maximum Gasteiger partial charge on any atom is 0.251 e. The minimum atomic E-state index is -3.35. The van der Waals surface area contributed by atoms with Crippen LogP contribution >= 0.6 is 11.6 Å². The zero-order valence-corrected chi connectivity index (χ0v) is 14.5. The molecule has 0 fully saturated rings. The van der Waals surface area contributed by atoms with Crippen LogP contribution in [-0.2, 0) is 9.84 Å². The van der Waals surface area contributed by atoms with E-state index in [1.165, 1.54) is 12.1 Å². The molecule has 0 radical (unpaired) electrons. The van der Waals surface area contributed by atoms with Crippen molar-refractivity contribution in [2.75, 3.05) is 6.26 Å². The molecule has 0 aliphatic rings. The smallest absolute Gasteiger partial charge is 0.251 e. The summed E-state index contributed by atoms with van der Waals surface area (Å²) in [6.07, 6.45) is 1.81. The van der Waals surface area contributed by atoms with Crippen LogP contribution in [0.4, 0.5) is 0 Å². The standard InChI is InChI=1S/C17H18ClNO3S/c1-3-16(12-6-4-8-14(18)10-12)19-17(20)13-7-5-9-15(11-13)23(2,21)22/h4-11,16H,3H2,1-2H3,(H,19,20). The van der Waals surface area contributed by atoms with Gasteiger partial charge in [0.15, 0.2) is 9.84 Å². The number of rotatable bonds is 5. The van der Waals surface area contributed by atoms with Crippen LogP contribution in [0.3, 0.4) is 0 Å². The van der Waals surface area contributed by atoms with E-state index >= 15 is 0 Å². The van der Waals surface area contributed by atoms with Crippen molar-refractivity contribution < 1.29 is 13.2 Å². The molecule has 23 heavy (non-hydrogen) atoms. The van der Waals surface area contributed by atoms with E-state index in [0.717, 1.165) is 11.8 Å². The third-order valence-electron chi connectivity index (χ3n) is 3.49. The lowest BCUT2D eigenvalue weighted by Crippen LogP contribution is -2.28. The van der Waals surface area contributed by atoms with Crippen molar-refractivity contribution in [3.05, 3.63) is 64.7 Å². The van der Waals surface area contributed by atoms with Gasteiger partial charge in [0.1, 0.15) is 0 Å². The lowest BCUT2D eigenvalue weighted by Gasteiger charge is -2.18. The average molecular weight is 352 g/mol. The van der Waals surface area contributed by atoms with Gasteiger partial charge < -0.3 is 5.32 Å². The van der Waals surface area contributed by atoms with Gasteiger partial charge in [-0.05, 0) is 42.3 Å². The Kier molecular flexibility index (Phi) is 5.44. The molecule has 6 heteroatoms. The molecule has 0 spiro atoms. The molecular weight excluding hydrogens is 334 g/mol. The highest BCUT2D eigenvalue weighted by Gasteiger charge is 2.16. The van der Waals surface area contributed by atoms with Crippen molar-refractivity contribution in [3.8, 4) is 0 Å². The van der Waals surface area contributed by atoms with Crippen LogP contribution in [0.1, 0.15) is 35.3 Å². The summed E-state index contributed by atoms with van der Waals surface area (Å²) >= 11 is 5.99. The summed E-state index contributed by atoms with van der Waals surface area (Å²) in [5.41, 5.74) is 1.22. The number of nitrogens with one attached hydrogen (secondary N) is 1. The van der Waals surface area contributed by atoms with Gasteiger partial charge in [0.2, 0.25) is 0 Å². The number of carbonyl (C=O) groups is 1. The van der Waals surface area contributed by atoms with Crippen LogP contribution in [0.25, 0.3) is 0 Å². The van der Waals surface area contributed by atoms with E-state index < -0.39 is 9.84 Å². The van der Waals surface area contributed by atoms with E-state index in [1.54, 1.807) is 18.2 Å². The summed E-state index contributed by atoms with van der Waals surface area (Å²) in [6, 6.07) is 13.1. The van der Waals surface area contributed by atoms with E-state index in [-0.39, 0.29) is 16.8 Å². The number of benzene rings is 2. The van der Waals surface area contributed by atoms with Crippen molar-refractivity contribution in [3.63, 3.8) is 0 Å². The summed E-state index contributed by atoms with van der Waals surface area (Å²) in [4.78, 5) is 12.5. The second-order valence-corrected chi connectivity index (χ2v) is 7.74. The van der Waals surface area contributed by atoms with Gasteiger partial charge in [0.05, 0.1) is 10.9 Å². The summed E-state index contributed by atoms with van der Waals surface area (Å²) < 4.78 is 23.2. The minimum Gasteiger partial charge on any atom is -0.345 e. The second-order valence-electron chi connectivity index (χ2n) is 5.29. The maximum absolute atomic E-state index is 12.4. The third-order valence-corrected chi connectivity index (χ3v) is 4.83. The summed E-state index contributed by atoms with van der Waals surface area (Å²) in [5, 5.41) is 3.52. The molecule has 1 amide bonds. The van der Waals surface area contributed by atoms with Gasteiger partial charge in [-0.1, -0.05) is 36.7 Å². The Morgan fingerprint density at radius 3 is 2.48 bits per heavy atom. The molecule has 2 aromatic rings. The number of halogens is 1. The fourth-order valence-electron chi connectivity index (χ4n) is 2.25. The van der Waals surface area contributed by atoms with E-state index in [0.29, 0.717) is 17.0 Å². The lowest BCUT2D eigenvalue weighted by atomic mass is 10.0. The highest BCUT2D eigenvalue weighted by Crippen LogP contribution is 2.21. The van der Waals surface area contributed by atoms with E-state index in [4.69, 9.17) is 11.6 Å². The lowest BCUT2D eigenvalue weighted by molar-refractivity contribution is 0.0935. The maximum atomic E-state index is 12.4. The van der Waals surface area contributed by atoms with Crippen molar-refractivity contribution in [2.24, 2.45) is 0 Å². The van der Waals surface area contributed by atoms with Gasteiger partial charge in [-0.15, -0.1) is 0 Å². The fraction of sp³-hybridized carbons (Fsp3) is 0.235. The number of hydrogen-bond acceptors (Lipinski definition) is 3. The molecule has 0 aliphatic carbocycles. The number of carbonyl (C=O) groups excluding carboxylic acids is 1. The van der Waals surface area contributed by atoms with Crippen molar-refractivity contribution in [1.29, 1.82) is 0 Å². The molecule has 1 N–H and O–H groups in total. The molecule has 0 heterocycles. The highest BCUT2D eigenvalue weighted by atomic mass is 35.5. The first-order valence-corrected chi connectivity index (χ1v) is 9.44. The van der Waals surface area contributed by atoms with Crippen molar-refractivity contribution in [1.82, 2.24) is 5.32 Å². The van der Waals surface area contributed by atoms with E-state index in [1.807, 2.05) is 25.1 Å². The minimum absolute atomic E-state index is 0.126. The zero-order chi connectivity index (χ0) is 17.0. The van der Waals surface area contributed by atoms with E-state index in [2.05, 4.69) is 5.32 Å². The molecule has 0 saturated heterocycles. The third kappa shape index (κ3) is 4.56. The number of hydrogen-bond donors (Lipinski definition) is 1. The van der Waals surface area contributed by atoms with Crippen molar-refractivity contribution in [2.45, 2.75) is 24.3 Å². The van der Waals surface area contributed by atoms with Crippen LogP contribution < -0.4 is 5.32 Å². The largest absolute Gasteiger partial charge is 0.345 e. The van der Waals surface area contributed by atoms with Gasteiger partial charge in [-0.2, -0.15) is 0 Å². The Morgan fingerprint density at radius 1 is 1.17 bits per heavy atom. The molecule has 1 unspecified atom stereocenters. The highest BCUT2D eigenvalue weighted by molar-refractivity contribution is 7.90. The quantitative estimate of drug-likeness (QED) is 0.894. The fourth-order valence-corrected chi connectivity index (χ4v) is 3.12. The molecule has 122 valence electrons. The van der Waals surface area contributed by atoms with Gasteiger partial charge in [-0.3, -0.25) is 4.79 Å². The monoisotopic (exact) mass is 351 g/mol. The van der Waals surface area contributed by atoms with Crippen LogP contribution in [0.15, 0.2) is 53.4 Å². The van der Waals surface area contributed by atoms with Crippen LogP contribution in [0.2, 0.25) is 5.02 Å². The van der Waals surface area contributed by atoms with Crippen LogP contribution in [-0.4, -0.2) is 20.6 Å². The van der Waals surface area contributed by atoms with E-state index in [9.17, 15) is 13.2 Å². The first kappa shape index (κ1) is 17.5. The number of amides is 1. The average Bonchev–Trinajstić information content (AvgIpc) is 2.51. The van der Waals surface area contributed by atoms with Crippen molar-refractivity contribution >= 4 is 27.3 Å². The molecule has 2 rings (SSSR count). The first-order valence-electron chi connectivity index (χ1n) is 7.17. The molecule has 4 nitrogen and oxygen atoms in total. The topological polar surface area (TPSA) is 63.2 Å². The van der Waals surface area contributed by atoms with Crippen LogP contribution in [0, 0.1) is 0 Å². The van der Waals surface area contributed by atoms with Gasteiger partial charge >= 0.3 is 0 Å². The molecule has 0 saturated carbocycles. The molecule has 0 bridgehead atoms.